The summed E-state index contributed by atoms with van der Waals surface area (Å²) in [6.07, 6.45) is 4.37. The van der Waals surface area contributed by atoms with Gasteiger partial charge in [-0.3, -0.25) is 4.79 Å². The molecule has 0 saturated carbocycles. The van der Waals surface area contributed by atoms with Crippen LogP contribution in [0, 0.1) is 0 Å². The monoisotopic (exact) mass is 396 g/mol. The number of carbonyl (C=O) groups excluding carboxylic acids is 1. The van der Waals surface area contributed by atoms with E-state index in [4.69, 9.17) is 32.7 Å². The number of methoxy groups -OCH3 is 1. The van der Waals surface area contributed by atoms with Gasteiger partial charge in [-0.1, -0.05) is 29.8 Å². The van der Waals surface area contributed by atoms with Crippen LogP contribution in [-0.4, -0.2) is 34.4 Å². The van der Waals surface area contributed by atoms with Gasteiger partial charge in [0.1, 0.15) is 5.15 Å². The Morgan fingerprint density at radius 2 is 2.31 bits per heavy atom. The first-order valence-electron chi connectivity index (χ1n) is 8.07. The van der Waals surface area contributed by atoms with Crippen molar-refractivity contribution in [3.8, 4) is 17.1 Å². The summed E-state index contributed by atoms with van der Waals surface area (Å²) in [6.45, 7) is 4.11. The maximum atomic E-state index is 12.0. The number of anilines is 1. The van der Waals surface area contributed by atoms with Gasteiger partial charge in [-0.2, -0.15) is 5.10 Å². The molecule has 1 unspecified atom stereocenters. The van der Waals surface area contributed by atoms with Crippen molar-refractivity contribution in [1.82, 2.24) is 14.8 Å². The summed E-state index contributed by atoms with van der Waals surface area (Å²) in [5.74, 6) is -0.286. The first-order chi connectivity index (χ1) is 12.5. The summed E-state index contributed by atoms with van der Waals surface area (Å²) >= 11 is 12.1. The number of halogens is 2. The van der Waals surface area contributed by atoms with Crippen molar-refractivity contribution in [3.05, 3.63) is 35.1 Å². The number of amides is 1. The summed E-state index contributed by atoms with van der Waals surface area (Å²) < 4.78 is 12.7. The fourth-order valence-corrected chi connectivity index (χ4v) is 3.12. The van der Waals surface area contributed by atoms with Crippen LogP contribution in [0.4, 0.5) is 5.69 Å². The van der Waals surface area contributed by atoms with Crippen LogP contribution in [0.1, 0.15) is 25.5 Å². The molecule has 26 heavy (non-hydrogen) atoms. The molecule has 1 saturated heterocycles. The normalized spacial score (nSPS) is 17.0. The van der Waals surface area contributed by atoms with Gasteiger partial charge in [0.05, 0.1) is 29.1 Å². The molecule has 0 spiro atoms. The number of aromatic nitrogens is 3. The molecule has 0 aliphatic carbocycles. The predicted molar refractivity (Wildman–Crippen MR) is 99.5 cm³/mol. The van der Waals surface area contributed by atoms with Gasteiger partial charge in [-0.25, -0.2) is 9.67 Å². The molecule has 1 aliphatic heterocycles. The van der Waals surface area contributed by atoms with Crippen LogP contribution in [0.5, 0.6) is 5.88 Å². The van der Waals surface area contributed by atoms with Gasteiger partial charge in [0.15, 0.2) is 6.23 Å². The third kappa shape index (κ3) is 3.85. The van der Waals surface area contributed by atoms with Crippen LogP contribution in [-0.2, 0) is 9.53 Å². The molecule has 7 nitrogen and oxygen atoms in total. The Morgan fingerprint density at radius 1 is 1.50 bits per heavy atom. The van der Waals surface area contributed by atoms with Gasteiger partial charge < -0.3 is 14.8 Å². The fourth-order valence-electron chi connectivity index (χ4n) is 2.79. The molecule has 3 rings (SSSR count). The highest BCUT2D eigenvalue weighted by Gasteiger charge is 2.24. The van der Waals surface area contributed by atoms with Gasteiger partial charge in [-0.15, -0.1) is 0 Å². The molecule has 1 N–H and O–H groups in total. The van der Waals surface area contributed by atoms with Crippen molar-refractivity contribution < 1.29 is 14.3 Å². The fraction of sp³-hybridized carbons (Fsp3) is 0.353. The zero-order chi connectivity index (χ0) is 18.7. The number of hydrogen-bond acceptors (Lipinski definition) is 5. The molecular weight excluding hydrogens is 379 g/mol. The lowest BCUT2D eigenvalue weighted by Gasteiger charge is -2.25. The molecule has 9 heteroatoms. The Balaban J connectivity index is 2.08. The third-order valence-electron chi connectivity index (χ3n) is 4.01. The van der Waals surface area contributed by atoms with Gasteiger partial charge >= 0.3 is 0 Å². The molecule has 2 aromatic rings. The topological polar surface area (TPSA) is 78.3 Å². The minimum absolute atomic E-state index is 0.146. The van der Waals surface area contributed by atoms with E-state index in [1.807, 2.05) is 0 Å². The van der Waals surface area contributed by atoms with Gasteiger partial charge in [0.2, 0.25) is 5.88 Å². The van der Waals surface area contributed by atoms with E-state index in [0.717, 1.165) is 19.3 Å². The summed E-state index contributed by atoms with van der Waals surface area (Å²) in [6, 6.07) is 3.36. The van der Waals surface area contributed by atoms with Crippen molar-refractivity contribution >= 4 is 34.8 Å². The van der Waals surface area contributed by atoms with Crippen LogP contribution in [0.15, 0.2) is 29.9 Å². The Bertz CT molecular complexity index is 831. The lowest BCUT2D eigenvalue weighted by atomic mass is 10.1. The molecule has 0 radical (unpaired) electrons. The SMILES string of the molecule is C=C(Cl)C(=O)Nc1cc(OC)nc(Cl)c1-c1ccnn1C1CCCCO1. The van der Waals surface area contributed by atoms with Gasteiger partial charge in [0.25, 0.3) is 5.91 Å². The van der Waals surface area contributed by atoms with Gasteiger partial charge in [-0.05, 0) is 25.3 Å². The zero-order valence-electron chi connectivity index (χ0n) is 14.2. The Labute approximate surface area is 160 Å². The molecule has 1 fully saturated rings. The van der Waals surface area contributed by atoms with E-state index in [1.165, 1.54) is 7.11 Å². The summed E-state index contributed by atoms with van der Waals surface area (Å²) in [7, 11) is 1.46. The predicted octanol–water partition coefficient (Wildman–Crippen LogP) is 4.00. The minimum atomic E-state index is -0.544. The number of ether oxygens (including phenoxy) is 2. The van der Waals surface area contributed by atoms with E-state index in [0.29, 0.717) is 23.6 Å². The summed E-state index contributed by atoms with van der Waals surface area (Å²) in [4.78, 5) is 16.2. The van der Waals surface area contributed by atoms with E-state index < -0.39 is 5.91 Å². The molecule has 0 bridgehead atoms. The van der Waals surface area contributed by atoms with Crippen LogP contribution in [0.2, 0.25) is 5.15 Å². The third-order valence-corrected chi connectivity index (χ3v) is 4.46. The average molecular weight is 397 g/mol. The molecule has 1 aliphatic rings. The largest absolute Gasteiger partial charge is 0.481 e. The molecule has 1 amide bonds. The molecule has 138 valence electrons. The molecule has 0 aromatic carbocycles. The van der Waals surface area contributed by atoms with E-state index in [9.17, 15) is 4.79 Å². The van der Waals surface area contributed by atoms with Crippen molar-refractivity contribution in [2.24, 2.45) is 0 Å². The quantitative estimate of drug-likeness (QED) is 0.610. The highest BCUT2D eigenvalue weighted by Crippen LogP contribution is 2.38. The van der Waals surface area contributed by atoms with Crippen LogP contribution < -0.4 is 10.1 Å². The zero-order valence-corrected chi connectivity index (χ0v) is 15.7. The Hall–Kier alpha value is -2.09. The first kappa shape index (κ1) is 18.7. The number of carbonyl (C=O) groups is 1. The number of hydrogen-bond donors (Lipinski definition) is 1. The van der Waals surface area contributed by atoms with Crippen molar-refractivity contribution in [2.75, 3.05) is 19.0 Å². The maximum Gasteiger partial charge on any atom is 0.266 e. The van der Waals surface area contributed by atoms with Gasteiger partial charge in [0, 0.05) is 18.9 Å². The van der Waals surface area contributed by atoms with E-state index >= 15 is 0 Å². The highest BCUT2D eigenvalue weighted by molar-refractivity contribution is 6.43. The number of nitrogens with zero attached hydrogens (tertiary/aromatic N) is 3. The minimum Gasteiger partial charge on any atom is -0.481 e. The summed E-state index contributed by atoms with van der Waals surface area (Å²) in [5, 5.41) is 7.08. The number of nitrogens with one attached hydrogen (secondary N) is 1. The first-order valence-corrected chi connectivity index (χ1v) is 8.82. The Kier molecular flexibility index (Phi) is 5.80. The van der Waals surface area contributed by atoms with E-state index in [2.05, 4.69) is 22.0 Å². The molecule has 2 aromatic heterocycles. The highest BCUT2D eigenvalue weighted by atomic mass is 35.5. The lowest BCUT2D eigenvalue weighted by Crippen LogP contribution is -2.20. The molecule has 1 atom stereocenters. The second-order valence-electron chi connectivity index (χ2n) is 5.72. The van der Waals surface area contributed by atoms with E-state index in [-0.39, 0.29) is 22.3 Å². The molecule has 3 heterocycles. The second kappa shape index (κ2) is 8.07. The standard InChI is InChI=1S/C17H18Cl2N4O3/c1-10(18)17(24)21-11-9-13(25-2)22-16(19)15(11)12-6-7-20-23(12)14-5-3-4-8-26-14/h6-7,9,14H,1,3-5,8H2,2H3,(H,21,22,24). The van der Waals surface area contributed by atoms with E-state index in [1.54, 1.807) is 23.0 Å². The van der Waals surface area contributed by atoms with Crippen molar-refractivity contribution in [2.45, 2.75) is 25.5 Å². The smallest absolute Gasteiger partial charge is 0.266 e. The number of rotatable bonds is 5. The Morgan fingerprint density at radius 3 is 2.96 bits per heavy atom. The van der Waals surface area contributed by atoms with Crippen molar-refractivity contribution in [1.29, 1.82) is 0 Å². The maximum absolute atomic E-state index is 12.0. The average Bonchev–Trinajstić information content (AvgIpc) is 3.11. The van der Waals surface area contributed by atoms with Crippen LogP contribution in [0.3, 0.4) is 0 Å². The summed E-state index contributed by atoms with van der Waals surface area (Å²) in [5.41, 5.74) is 1.57. The van der Waals surface area contributed by atoms with Crippen LogP contribution >= 0.6 is 23.2 Å². The number of pyridine rings is 1. The van der Waals surface area contributed by atoms with Crippen molar-refractivity contribution in [3.63, 3.8) is 0 Å². The lowest BCUT2D eigenvalue weighted by molar-refractivity contribution is -0.112. The second-order valence-corrected chi connectivity index (χ2v) is 6.53. The van der Waals surface area contributed by atoms with Crippen LogP contribution in [0.25, 0.3) is 11.3 Å². The molecular formula is C17H18Cl2N4O3.